The molecule has 6 nitrogen and oxygen atoms in total. The Hall–Kier alpha value is -2.52. The Labute approximate surface area is 166 Å². The average molecular weight is 409 g/mol. The van der Waals surface area contributed by atoms with E-state index in [0.29, 0.717) is 20.9 Å². The van der Waals surface area contributed by atoms with Crippen molar-refractivity contribution in [3.05, 3.63) is 45.6 Å². The van der Waals surface area contributed by atoms with Crippen LogP contribution in [-0.2, 0) is 6.56 Å². The molecule has 0 radical (unpaired) electrons. The molecule has 148 valence electrons. The molecule has 1 aliphatic rings. The minimum atomic E-state index is -3.04. The van der Waals surface area contributed by atoms with Crippen molar-refractivity contribution in [1.82, 2.24) is 15.6 Å². The number of carbonyl (C=O) groups is 1. The molecule has 9 heteroatoms. The van der Waals surface area contributed by atoms with Gasteiger partial charge in [-0.2, -0.15) is 0 Å². The van der Waals surface area contributed by atoms with Crippen LogP contribution in [-0.4, -0.2) is 35.9 Å². The monoisotopic (exact) mass is 409 g/mol. The van der Waals surface area contributed by atoms with Gasteiger partial charge in [0.05, 0.1) is 24.7 Å². The molecule has 2 aromatic heterocycles. The molecule has 0 bridgehead atoms. The summed E-state index contributed by atoms with van der Waals surface area (Å²) in [4.78, 5) is 17.1. The minimum absolute atomic E-state index is 0.0313. The van der Waals surface area contributed by atoms with E-state index in [4.69, 9.17) is 11.9 Å². The molecular formula is C19H19F2N3O3S. The molecule has 4 rings (SSSR count). The van der Waals surface area contributed by atoms with Gasteiger partial charge in [-0.3, -0.25) is 4.79 Å². The van der Waals surface area contributed by atoms with Crippen LogP contribution in [0.2, 0.25) is 0 Å². The quantitative estimate of drug-likeness (QED) is 0.675. The van der Waals surface area contributed by atoms with Gasteiger partial charge in [-0.1, -0.05) is 0 Å². The highest BCUT2D eigenvalue weighted by atomic mass is 32.1. The summed E-state index contributed by atoms with van der Waals surface area (Å²) in [6.07, 6.45) is 1.41. The fourth-order valence-corrected chi connectivity index (χ4v) is 3.72. The number of nitrogens with zero attached hydrogens (tertiary/aromatic N) is 1. The SMILES string of the molecule is [2H]C([2H])(Oc1ccc2oc(C)c(C(=O)NC3CNCC3(F)F)c2c1)c1cnc(C)s1. The fraction of sp³-hybridized carbons (Fsp3) is 0.368. The largest absolute Gasteiger partial charge is 0.488 e. The predicted octanol–water partition coefficient (Wildman–Crippen LogP) is 3.42. The van der Waals surface area contributed by atoms with Crippen molar-refractivity contribution in [3.63, 3.8) is 0 Å². The highest BCUT2D eigenvalue weighted by molar-refractivity contribution is 7.11. The van der Waals surface area contributed by atoms with Crippen LogP contribution in [0, 0.1) is 13.8 Å². The number of thiazole rings is 1. The van der Waals surface area contributed by atoms with Gasteiger partial charge in [-0.25, -0.2) is 13.8 Å². The van der Waals surface area contributed by atoms with Gasteiger partial charge in [-0.05, 0) is 32.0 Å². The molecule has 28 heavy (non-hydrogen) atoms. The van der Waals surface area contributed by atoms with Crippen molar-refractivity contribution in [2.24, 2.45) is 0 Å². The molecule has 0 spiro atoms. The summed E-state index contributed by atoms with van der Waals surface area (Å²) in [5.74, 6) is -3.28. The van der Waals surface area contributed by atoms with E-state index in [9.17, 15) is 13.6 Å². The zero-order valence-corrected chi connectivity index (χ0v) is 16.0. The van der Waals surface area contributed by atoms with Crippen LogP contribution >= 0.6 is 11.3 Å². The van der Waals surface area contributed by atoms with Crippen molar-refractivity contribution in [3.8, 4) is 5.75 Å². The summed E-state index contributed by atoms with van der Waals surface area (Å²) in [7, 11) is 0. The number of amides is 1. The Bertz CT molecular complexity index is 1120. The summed E-state index contributed by atoms with van der Waals surface area (Å²) in [5, 5.41) is 5.99. The first-order chi connectivity index (χ1) is 14.1. The first-order valence-electron chi connectivity index (χ1n) is 9.61. The number of aromatic nitrogens is 1. The lowest BCUT2D eigenvalue weighted by Gasteiger charge is -2.19. The van der Waals surface area contributed by atoms with E-state index < -0.39 is 31.0 Å². The summed E-state index contributed by atoms with van der Waals surface area (Å²) in [6, 6.07) is 3.22. The Morgan fingerprint density at radius 2 is 2.36 bits per heavy atom. The molecule has 1 aromatic carbocycles. The van der Waals surface area contributed by atoms with Crippen LogP contribution < -0.4 is 15.4 Å². The average Bonchev–Trinajstić information content (AvgIpc) is 3.31. The maximum Gasteiger partial charge on any atom is 0.281 e. The van der Waals surface area contributed by atoms with Crippen molar-refractivity contribution in [1.29, 1.82) is 0 Å². The van der Waals surface area contributed by atoms with Gasteiger partial charge >= 0.3 is 0 Å². The zero-order chi connectivity index (χ0) is 21.7. The number of nitrogens with one attached hydrogen (secondary N) is 2. The summed E-state index contributed by atoms with van der Waals surface area (Å²) < 4.78 is 55.2. The second-order valence-electron chi connectivity index (χ2n) is 6.56. The van der Waals surface area contributed by atoms with Gasteiger partial charge in [0.1, 0.15) is 29.7 Å². The first kappa shape index (κ1) is 16.4. The Morgan fingerprint density at radius 1 is 1.54 bits per heavy atom. The minimum Gasteiger partial charge on any atom is -0.488 e. The Kier molecular flexibility index (Phi) is 4.19. The van der Waals surface area contributed by atoms with Gasteiger partial charge in [0.2, 0.25) is 0 Å². The number of fused-ring (bicyclic) bond motifs is 1. The van der Waals surface area contributed by atoms with E-state index in [1.807, 2.05) is 0 Å². The van der Waals surface area contributed by atoms with E-state index in [0.717, 1.165) is 0 Å². The summed E-state index contributed by atoms with van der Waals surface area (Å²) >= 11 is 1.18. The van der Waals surface area contributed by atoms with Crippen LogP contribution in [0.4, 0.5) is 8.78 Å². The van der Waals surface area contributed by atoms with Crippen LogP contribution in [0.5, 0.6) is 5.75 Å². The van der Waals surface area contributed by atoms with Gasteiger partial charge < -0.3 is 19.8 Å². The molecule has 1 unspecified atom stereocenters. The highest BCUT2D eigenvalue weighted by Crippen LogP contribution is 2.30. The number of benzene rings is 1. The first-order valence-corrected chi connectivity index (χ1v) is 9.43. The molecule has 1 fully saturated rings. The lowest BCUT2D eigenvalue weighted by Crippen LogP contribution is -2.46. The number of carbonyl (C=O) groups excluding carboxylic acids is 1. The van der Waals surface area contributed by atoms with Gasteiger partial charge in [0, 0.05) is 18.1 Å². The van der Waals surface area contributed by atoms with Crippen molar-refractivity contribution in [2.45, 2.75) is 32.4 Å². The van der Waals surface area contributed by atoms with E-state index in [2.05, 4.69) is 15.6 Å². The maximum absolute atomic E-state index is 13.9. The van der Waals surface area contributed by atoms with Gasteiger partial charge in [-0.15, -0.1) is 11.3 Å². The third-order valence-corrected chi connectivity index (χ3v) is 5.29. The fourth-order valence-electron chi connectivity index (χ4n) is 3.11. The number of hydrogen-bond acceptors (Lipinski definition) is 6. The van der Waals surface area contributed by atoms with Crippen molar-refractivity contribution >= 4 is 28.2 Å². The van der Waals surface area contributed by atoms with E-state index in [-0.39, 0.29) is 23.6 Å². The molecule has 0 saturated carbocycles. The molecule has 1 amide bonds. The molecule has 1 saturated heterocycles. The molecule has 1 atom stereocenters. The van der Waals surface area contributed by atoms with Gasteiger partial charge in [0.25, 0.3) is 11.8 Å². The van der Waals surface area contributed by atoms with Crippen molar-refractivity contribution in [2.75, 3.05) is 13.1 Å². The van der Waals surface area contributed by atoms with Crippen LogP contribution in [0.25, 0.3) is 11.0 Å². The lowest BCUT2D eigenvalue weighted by molar-refractivity contribution is -0.00247. The number of hydrogen-bond donors (Lipinski definition) is 2. The van der Waals surface area contributed by atoms with E-state index >= 15 is 0 Å². The lowest BCUT2D eigenvalue weighted by atomic mass is 10.1. The number of alkyl halides is 2. The zero-order valence-electron chi connectivity index (χ0n) is 17.1. The number of ether oxygens (including phenoxy) is 1. The molecule has 3 aromatic rings. The number of rotatable bonds is 5. The second-order valence-corrected chi connectivity index (χ2v) is 7.79. The Morgan fingerprint density at radius 3 is 3.04 bits per heavy atom. The molecule has 0 aliphatic carbocycles. The number of aryl methyl sites for hydroxylation is 2. The van der Waals surface area contributed by atoms with Gasteiger partial charge in [0.15, 0.2) is 0 Å². The predicted molar refractivity (Wildman–Crippen MR) is 101 cm³/mol. The van der Waals surface area contributed by atoms with Crippen LogP contribution in [0.3, 0.4) is 0 Å². The maximum atomic E-state index is 13.9. The Balaban J connectivity index is 1.63. The molecular weight excluding hydrogens is 388 g/mol. The van der Waals surface area contributed by atoms with E-state index in [1.165, 1.54) is 29.7 Å². The highest BCUT2D eigenvalue weighted by Gasteiger charge is 2.45. The van der Waals surface area contributed by atoms with Crippen LogP contribution in [0.1, 0.15) is 28.7 Å². The molecule has 2 N–H and O–H groups in total. The molecule has 3 heterocycles. The topological polar surface area (TPSA) is 76.4 Å². The summed E-state index contributed by atoms with van der Waals surface area (Å²) in [6.45, 7) is 0.681. The van der Waals surface area contributed by atoms with E-state index in [1.54, 1.807) is 19.9 Å². The third-order valence-electron chi connectivity index (χ3n) is 4.48. The summed E-state index contributed by atoms with van der Waals surface area (Å²) in [5.41, 5.74) is 0.489. The second kappa shape index (κ2) is 7.14. The number of furan rings is 1. The number of halogens is 2. The smallest absolute Gasteiger partial charge is 0.281 e. The third kappa shape index (κ3) is 3.59. The van der Waals surface area contributed by atoms with Crippen molar-refractivity contribution < 1.29 is 25.5 Å². The normalized spacial score (nSPS) is 20.1. The standard InChI is InChI=1S/C19H19F2N3O3S/c1-10-17(18(25)24-16-7-22-9-19(16,20)21)14-5-12(3-4-15(14)27-10)26-8-13-6-23-11(2)28-13/h3-6,16,22H,7-9H2,1-2H3,(H,24,25)/i8D2. The molecule has 1 aliphatic heterocycles. The van der Waals surface area contributed by atoms with Crippen LogP contribution in [0.15, 0.2) is 28.8 Å².